The van der Waals surface area contributed by atoms with Crippen molar-refractivity contribution in [2.24, 2.45) is 5.73 Å². The highest BCUT2D eigenvalue weighted by atomic mass is 35.5. The number of fused-ring (bicyclic) bond motifs is 1. The third-order valence-electron chi connectivity index (χ3n) is 3.07. The van der Waals surface area contributed by atoms with Gasteiger partial charge in [0.1, 0.15) is 0 Å². The highest BCUT2D eigenvalue weighted by Gasteiger charge is 2.14. The number of benzene rings is 1. The standard InChI is InChI=1S/C14H21N.ClH/c1-14(2,15)10-11-7-8-12-5-3-4-6-13(12)9-11;/h7-9H,3-6,10,15H2,1-2H3;1H. The third kappa shape index (κ3) is 3.50. The summed E-state index contributed by atoms with van der Waals surface area (Å²) >= 11 is 0. The zero-order chi connectivity index (χ0) is 10.9. The zero-order valence-electron chi connectivity index (χ0n) is 10.3. The van der Waals surface area contributed by atoms with Gasteiger partial charge in [-0.15, -0.1) is 12.4 Å². The molecule has 2 heteroatoms. The van der Waals surface area contributed by atoms with Gasteiger partial charge in [0.15, 0.2) is 0 Å². The van der Waals surface area contributed by atoms with Crippen molar-refractivity contribution >= 4 is 12.4 Å². The van der Waals surface area contributed by atoms with E-state index in [1.165, 1.54) is 31.2 Å². The molecule has 0 aliphatic heterocycles. The quantitative estimate of drug-likeness (QED) is 0.843. The molecule has 1 aliphatic carbocycles. The van der Waals surface area contributed by atoms with Gasteiger partial charge in [-0.1, -0.05) is 18.2 Å². The lowest BCUT2D eigenvalue weighted by atomic mass is 9.88. The Morgan fingerprint density at radius 2 is 1.75 bits per heavy atom. The van der Waals surface area contributed by atoms with Crippen LogP contribution in [0.3, 0.4) is 0 Å². The Labute approximate surface area is 105 Å². The summed E-state index contributed by atoms with van der Waals surface area (Å²) < 4.78 is 0. The van der Waals surface area contributed by atoms with E-state index in [9.17, 15) is 0 Å². The molecule has 16 heavy (non-hydrogen) atoms. The summed E-state index contributed by atoms with van der Waals surface area (Å²) in [6.07, 6.45) is 6.20. The average molecular weight is 240 g/mol. The van der Waals surface area contributed by atoms with Crippen LogP contribution in [-0.2, 0) is 19.3 Å². The Morgan fingerprint density at radius 3 is 2.38 bits per heavy atom. The minimum atomic E-state index is -0.0943. The van der Waals surface area contributed by atoms with Crippen molar-refractivity contribution in [2.45, 2.75) is 51.5 Å². The molecular weight excluding hydrogens is 218 g/mol. The minimum absolute atomic E-state index is 0. The van der Waals surface area contributed by atoms with E-state index >= 15 is 0 Å². The maximum atomic E-state index is 6.04. The van der Waals surface area contributed by atoms with Crippen molar-refractivity contribution in [3.05, 3.63) is 34.9 Å². The van der Waals surface area contributed by atoms with Crippen LogP contribution in [0.5, 0.6) is 0 Å². The smallest absolute Gasteiger partial charge is 0.0138 e. The zero-order valence-corrected chi connectivity index (χ0v) is 11.1. The van der Waals surface area contributed by atoms with Gasteiger partial charge in [0.2, 0.25) is 0 Å². The highest BCUT2D eigenvalue weighted by Crippen LogP contribution is 2.23. The van der Waals surface area contributed by atoms with Crippen LogP contribution in [0.15, 0.2) is 18.2 Å². The Balaban J connectivity index is 0.00000128. The molecule has 0 amide bonds. The van der Waals surface area contributed by atoms with E-state index in [0.717, 1.165) is 6.42 Å². The van der Waals surface area contributed by atoms with Crippen molar-refractivity contribution in [1.29, 1.82) is 0 Å². The summed E-state index contributed by atoms with van der Waals surface area (Å²) in [6, 6.07) is 6.91. The molecule has 0 radical (unpaired) electrons. The predicted molar refractivity (Wildman–Crippen MR) is 72.3 cm³/mol. The first kappa shape index (κ1) is 13.5. The second-order valence-corrected chi connectivity index (χ2v) is 5.48. The summed E-state index contributed by atoms with van der Waals surface area (Å²) in [6.45, 7) is 4.18. The molecule has 0 saturated carbocycles. The van der Waals surface area contributed by atoms with Crippen LogP contribution in [0.25, 0.3) is 0 Å². The minimum Gasteiger partial charge on any atom is -0.325 e. The van der Waals surface area contributed by atoms with E-state index in [-0.39, 0.29) is 17.9 Å². The van der Waals surface area contributed by atoms with Crippen LogP contribution in [0.1, 0.15) is 43.4 Å². The lowest BCUT2D eigenvalue weighted by Gasteiger charge is -2.21. The maximum absolute atomic E-state index is 6.04. The van der Waals surface area contributed by atoms with Gasteiger partial charge in [0.25, 0.3) is 0 Å². The summed E-state index contributed by atoms with van der Waals surface area (Å²) in [4.78, 5) is 0. The second-order valence-electron chi connectivity index (χ2n) is 5.48. The number of hydrogen-bond acceptors (Lipinski definition) is 1. The van der Waals surface area contributed by atoms with E-state index in [2.05, 4.69) is 32.0 Å². The Bertz CT molecular complexity index is 352. The molecular formula is C14H22ClN. The van der Waals surface area contributed by atoms with Gasteiger partial charge >= 0.3 is 0 Å². The Hall–Kier alpha value is -0.530. The van der Waals surface area contributed by atoms with Gasteiger partial charge in [0.05, 0.1) is 0 Å². The average Bonchev–Trinajstić information content (AvgIpc) is 2.15. The van der Waals surface area contributed by atoms with Gasteiger partial charge in [-0.3, -0.25) is 0 Å². The van der Waals surface area contributed by atoms with Crippen LogP contribution in [0, 0.1) is 0 Å². The third-order valence-corrected chi connectivity index (χ3v) is 3.07. The van der Waals surface area contributed by atoms with Crippen molar-refractivity contribution in [2.75, 3.05) is 0 Å². The monoisotopic (exact) mass is 239 g/mol. The van der Waals surface area contributed by atoms with E-state index in [0.29, 0.717) is 0 Å². The van der Waals surface area contributed by atoms with Crippen LogP contribution in [0.2, 0.25) is 0 Å². The molecule has 0 spiro atoms. The lowest BCUT2D eigenvalue weighted by Crippen LogP contribution is -2.34. The normalized spacial score (nSPS) is 15.2. The van der Waals surface area contributed by atoms with Gasteiger partial charge in [-0.25, -0.2) is 0 Å². The van der Waals surface area contributed by atoms with Crippen LogP contribution in [-0.4, -0.2) is 5.54 Å². The van der Waals surface area contributed by atoms with E-state index in [1.807, 2.05) is 0 Å². The van der Waals surface area contributed by atoms with Crippen LogP contribution < -0.4 is 5.73 Å². The first-order valence-corrected chi connectivity index (χ1v) is 5.94. The van der Waals surface area contributed by atoms with Gasteiger partial charge in [-0.05, 0) is 62.6 Å². The van der Waals surface area contributed by atoms with Gasteiger partial charge < -0.3 is 5.73 Å². The van der Waals surface area contributed by atoms with Crippen molar-refractivity contribution in [3.63, 3.8) is 0 Å². The molecule has 1 aliphatic rings. The summed E-state index contributed by atoms with van der Waals surface area (Å²) in [5.41, 5.74) is 10.5. The van der Waals surface area contributed by atoms with Crippen molar-refractivity contribution in [3.8, 4) is 0 Å². The SMILES string of the molecule is CC(C)(N)Cc1ccc2c(c1)CCCC2.Cl. The van der Waals surface area contributed by atoms with E-state index < -0.39 is 0 Å². The summed E-state index contributed by atoms with van der Waals surface area (Å²) in [5.74, 6) is 0. The molecule has 0 saturated heterocycles. The predicted octanol–water partition coefficient (Wildman–Crippen LogP) is 3.27. The number of halogens is 1. The summed E-state index contributed by atoms with van der Waals surface area (Å²) in [5, 5.41) is 0. The van der Waals surface area contributed by atoms with Crippen LogP contribution in [0.4, 0.5) is 0 Å². The molecule has 2 N–H and O–H groups in total. The molecule has 2 rings (SSSR count). The fourth-order valence-corrected chi connectivity index (χ4v) is 2.42. The molecule has 0 bridgehead atoms. The molecule has 0 heterocycles. The van der Waals surface area contributed by atoms with Crippen molar-refractivity contribution < 1.29 is 0 Å². The van der Waals surface area contributed by atoms with Gasteiger partial charge in [-0.2, -0.15) is 0 Å². The lowest BCUT2D eigenvalue weighted by molar-refractivity contribution is 0.516. The van der Waals surface area contributed by atoms with E-state index in [4.69, 9.17) is 5.73 Å². The van der Waals surface area contributed by atoms with Crippen LogP contribution >= 0.6 is 12.4 Å². The Morgan fingerprint density at radius 1 is 1.12 bits per heavy atom. The first-order valence-electron chi connectivity index (χ1n) is 5.94. The highest BCUT2D eigenvalue weighted by molar-refractivity contribution is 5.85. The first-order chi connectivity index (χ1) is 7.04. The topological polar surface area (TPSA) is 26.0 Å². The molecule has 90 valence electrons. The van der Waals surface area contributed by atoms with Crippen molar-refractivity contribution in [1.82, 2.24) is 0 Å². The second kappa shape index (κ2) is 5.20. The molecule has 0 unspecified atom stereocenters. The fraction of sp³-hybridized carbons (Fsp3) is 0.571. The number of nitrogens with two attached hydrogens (primary N) is 1. The molecule has 0 aromatic heterocycles. The fourth-order valence-electron chi connectivity index (χ4n) is 2.42. The number of rotatable bonds is 2. The maximum Gasteiger partial charge on any atom is 0.0138 e. The molecule has 1 nitrogen and oxygen atoms in total. The number of hydrogen-bond donors (Lipinski definition) is 1. The van der Waals surface area contributed by atoms with Gasteiger partial charge in [0, 0.05) is 5.54 Å². The molecule has 0 atom stereocenters. The molecule has 1 aromatic rings. The molecule has 0 fully saturated rings. The number of aryl methyl sites for hydroxylation is 2. The largest absolute Gasteiger partial charge is 0.325 e. The molecule has 1 aromatic carbocycles. The summed E-state index contributed by atoms with van der Waals surface area (Å²) in [7, 11) is 0. The van der Waals surface area contributed by atoms with E-state index in [1.54, 1.807) is 11.1 Å². The Kier molecular flexibility index (Phi) is 4.40.